The molecular formula is C20H17F3N2O4. The van der Waals surface area contributed by atoms with Gasteiger partial charge in [0, 0.05) is 24.5 Å². The number of hydrogen-bond donors (Lipinski definition) is 2. The lowest BCUT2D eigenvalue weighted by Crippen LogP contribution is -2.27. The quantitative estimate of drug-likeness (QED) is 0.658. The van der Waals surface area contributed by atoms with E-state index in [0.717, 1.165) is 22.8 Å². The van der Waals surface area contributed by atoms with Crippen LogP contribution in [-0.2, 0) is 6.18 Å². The van der Waals surface area contributed by atoms with E-state index in [4.69, 9.17) is 4.42 Å². The first-order chi connectivity index (χ1) is 13.8. The van der Waals surface area contributed by atoms with Crippen LogP contribution in [0.4, 0.5) is 13.2 Å². The summed E-state index contributed by atoms with van der Waals surface area (Å²) in [4.78, 5) is 24.4. The number of pyridine rings is 1. The second-order valence-electron chi connectivity index (χ2n) is 6.25. The molecule has 2 N–H and O–H groups in total. The maximum Gasteiger partial charge on any atom is 0.416 e. The fourth-order valence-electron chi connectivity index (χ4n) is 2.70. The van der Waals surface area contributed by atoms with Gasteiger partial charge in [-0.2, -0.15) is 13.2 Å². The normalized spacial score (nSPS) is 12.6. The molecule has 0 radical (unpaired) electrons. The summed E-state index contributed by atoms with van der Waals surface area (Å²) in [6, 6.07) is 9.90. The van der Waals surface area contributed by atoms with Crippen molar-refractivity contribution in [1.82, 2.24) is 9.88 Å². The Morgan fingerprint density at radius 1 is 1.17 bits per heavy atom. The van der Waals surface area contributed by atoms with Gasteiger partial charge in [0.25, 0.3) is 11.5 Å². The molecule has 9 heteroatoms. The van der Waals surface area contributed by atoms with Crippen molar-refractivity contribution < 1.29 is 27.5 Å². The van der Waals surface area contributed by atoms with Crippen LogP contribution in [0.25, 0.3) is 5.69 Å². The van der Waals surface area contributed by atoms with Crippen molar-refractivity contribution in [2.75, 3.05) is 6.54 Å². The first-order valence-corrected chi connectivity index (χ1v) is 8.66. The highest BCUT2D eigenvalue weighted by Crippen LogP contribution is 2.30. The number of furan rings is 1. The van der Waals surface area contributed by atoms with Crippen LogP contribution in [0.2, 0.25) is 0 Å². The summed E-state index contributed by atoms with van der Waals surface area (Å²) in [5.41, 5.74) is -1.39. The lowest BCUT2D eigenvalue weighted by molar-refractivity contribution is -0.137. The Balaban J connectivity index is 1.73. The van der Waals surface area contributed by atoms with E-state index in [9.17, 15) is 27.9 Å². The number of aromatic nitrogens is 1. The second-order valence-corrected chi connectivity index (χ2v) is 6.25. The molecule has 1 atom stereocenters. The topological polar surface area (TPSA) is 84.5 Å². The molecule has 29 heavy (non-hydrogen) atoms. The Morgan fingerprint density at radius 3 is 2.66 bits per heavy atom. The zero-order chi connectivity index (χ0) is 21.0. The van der Waals surface area contributed by atoms with Crippen LogP contribution in [0.3, 0.4) is 0 Å². The van der Waals surface area contributed by atoms with Crippen LogP contribution >= 0.6 is 0 Å². The molecule has 1 unspecified atom stereocenters. The summed E-state index contributed by atoms with van der Waals surface area (Å²) >= 11 is 0. The highest BCUT2D eigenvalue weighted by Gasteiger charge is 2.30. The number of aliphatic hydroxyl groups excluding tert-OH is 1. The molecule has 0 fully saturated rings. The van der Waals surface area contributed by atoms with Crippen molar-refractivity contribution in [2.24, 2.45) is 0 Å². The third-order valence-electron chi connectivity index (χ3n) is 4.20. The zero-order valence-electron chi connectivity index (χ0n) is 15.0. The summed E-state index contributed by atoms with van der Waals surface area (Å²) in [5, 5.41) is 12.5. The third kappa shape index (κ3) is 4.94. The molecular weight excluding hydrogens is 389 g/mol. The van der Waals surface area contributed by atoms with Crippen molar-refractivity contribution in [3.8, 4) is 5.69 Å². The molecule has 0 aliphatic carbocycles. The van der Waals surface area contributed by atoms with Crippen molar-refractivity contribution >= 4 is 5.91 Å². The average molecular weight is 406 g/mol. The number of rotatable bonds is 6. The highest BCUT2D eigenvalue weighted by molar-refractivity contribution is 5.93. The van der Waals surface area contributed by atoms with E-state index in [1.165, 1.54) is 30.7 Å². The fourth-order valence-corrected chi connectivity index (χ4v) is 2.70. The average Bonchev–Trinajstić information content (AvgIpc) is 3.22. The van der Waals surface area contributed by atoms with Gasteiger partial charge in [0.2, 0.25) is 0 Å². The van der Waals surface area contributed by atoms with Gasteiger partial charge in [-0.3, -0.25) is 14.2 Å². The Labute approximate surface area is 163 Å². The number of nitrogens with zero attached hydrogens (tertiary/aromatic N) is 1. The minimum Gasteiger partial charge on any atom is -0.467 e. The number of hydrogen-bond acceptors (Lipinski definition) is 4. The number of benzene rings is 1. The molecule has 1 amide bonds. The Hall–Kier alpha value is -3.33. The van der Waals surface area contributed by atoms with Crippen LogP contribution in [0.1, 0.15) is 34.2 Å². The minimum atomic E-state index is -4.55. The van der Waals surface area contributed by atoms with Gasteiger partial charge in [-0.1, -0.05) is 6.07 Å². The van der Waals surface area contributed by atoms with Gasteiger partial charge in [0.05, 0.1) is 17.4 Å². The first-order valence-electron chi connectivity index (χ1n) is 8.66. The lowest BCUT2D eigenvalue weighted by atomic mass is 10.1. The molecule has 0 aliphatic heterocycles. The summed E-state index contributed by atoms with van der Waals surface area (Å²) in [7, 11) is 0. The maximum absolute atomic E-state index is 12.9. The van der Waals surface area contributed by atoms with Crippen LogP contribution in [-0.4, -0.2) is 22.1 Å². The fraction of sp³-hybridized carbons (Fsp3) is 0.200. The molecule has 0 aliphatic rings. The number of halogens is 3. The Morgan fingerprint density at radius 2 is 1.97 bits per heavy atom. The van der Waals surface area contributed by atoms with E-state index >= 15 is 0 Å². The second kappa shape index (κ2) is 8.36. The maximum atomic E-state index is 12.9. The predicted molar refractivity (Wildman–Crippen MR) is 97.7 cm³/mol. The third-order valence-corrected chi connectivity index (χ3v) is 4.20. The van der Waals surface area contributed by atoms with E-state index in [-0.39, 0.29) is 24.2 Å². The van der Waals surface area contributed by atoms with Gasteiger partial charge in [-0.05, 0) is 42.8 Å². The lowest BCUT2D eigenvalue weighted by Gasteiger charge is -2.12. The number of carbonyl (C=O) groups is 1. The minimum absolute atomic E-state index is 0.00674. The summed E-state index contributed by atoms with van der Waals surface area (Å²) < 4.78 is 44.8. The summed E-state index contributed by atoms with van der Waals surface area (Å²) in [6.45, 7) is 0.128. The molecule has 152 valence electrons. The molecule has 1 aromatic carbocycles. The smallest absolute Gasteiger partial charge is 0.416 e. The van der Waals surface area contributed by atoms with Gasteiger partial charge >= 0.3 is 6.18 Å². The standard InChI is InChI=1S/C20H17F3N2O4/c21-20(22,23)14-3-1-4-15(11-14)25-12-13(6-7-18(25)27)19(28)24-9-8-16(26)17-5-2-10-29-17/h1-7,10-12,16,26H,8-9H2,(H,24,28). The number of nitrogens with one attached hydrogen (secondary N) is 1. The van der Waals surface area contributed by atoms with Crippen LogP contribution < -0.4 is 10.9 Å². The molecule has 0 saturated heterocycles. The SMILES string of the molecule is O=C(NCCC(O)c1ccco1)c1ccc(=O)n(-c2cccc(C(F)(F)F)c2)c1. The van der Waals surface area contributed by atoms with Gasteiger partial charge in [-0.25, -0.2) is 0 Å². The summed E-state index contributed by atoms with van der Waals surface area (Å²) in [6.07, 6.45) is -2.63. The molecule has 0 saturated carbocycles. The van der Waals surface area contributed by atoms with Gasteiger partial charge < -0.3 is 14.8 Å². The van der Waals surface area contributed by atoms with Crippen LogP contribution in [0, 0.1) is 0 Å². The van der Waals surface area contributed by atoms with Gasteiger partial charge in [0.15, 0.2) is 0 Å². The van der Waals surface area contributed by atoms with E-state index in [1.807, 2.05) is 0 Å². The van der Waals surface area contributed by atoms with Crippen molar-refractivity contribution in [3.05, 3.63) is 88.2 Å². The molecule has 0 bridgehead atoms. The van der Waals surface area contributed by atoms with E-state index in [0.29, 0.717) is 5.76 Å². The Bertz CT molecular complexity index is 1040. The first kappa shape index (κ1) is 20.4. The molecule has 2 aromatic heterocycles. The summed E-state index contributed by atoms with van der Waals surface area (Å²) in [5.74, 6) is -0.158. The van der Waals surface area contributed by atoms with Crippen molar-refractivity contribution in [2.45, 2.75) is 18.7 Å². The number of carbonyl (C=O) groups excluding carboxylic acids is 1. The number of amides is 1. The van der Waals surface area contributed by atoms with E-state index in [2.05, 4.69) is 5.32 Å². The molecule has 3 aromatic rings. The zero-order valence-corrected chi connectivity index (χ0v) is 15.0. The van der Waals surface area contributed by atoms with Crippen molar-refractivity contribution in [1.29, 1.82) is 0 Å². The monoisotopic (exact) mass is 406 g/mol. The molecule has 3 rings (SSSR count). The number of alkyl halides is 3. The van der Waals surface area contributed by atoms with E-state index < -0.39 is 29.3 Å². The highest BCUT2D eigenvalue weighted by atomic mass is 19.4. The molecule has 0 spiro atoms. The van der Waals surface area contributed by atoms with Crippen LogP contribution in [0.15, 0.2) is 70.2 Å². The number of aliphatic hydroxyl groups is 1. The van der Waals surface area contributed by atoms with Crippen LogP contribution in [0.5, 0.6) is 0 Å². The Kier molecular flexibility index (Phi) is 5.88. The van der Waals surface area contributed by atoms with E-state index in [1.54, 1.807) is 12.1 Å². The van der Waals surface area contributed by atoms with Crippen molar-refractivity contribution in [3.63, 3.8) is 0 Å². The van der Waals surface area contributed by atoms with Gasteiger partial charge in [-0.15, -0.1) is 0 Å². The molecule has 2 heterocycles. The largest absolute Gasteiger partial charge is 0.467 e. The van der Waals surface area contributed by atoms with Gasteiger partial charge in [0.1, 0.15) is 11.9 Å². The molecule has 6 nitrogen and oxygen atoms in total. The predicted octanol–water partition coefficient (Wildman–Crippen LogP) is 3.30.